The summed E-state index contributed by atoms with van der Waals surface area (Å²) in [5.41, 5.74) is 0. The van der Waals surface area contributed by atoms with Gasteiger partial charge in [-0.15, -0.1) is 0 Å². The van der Waals surface area contributed by atoms with Crippen molar-refractivity contribution in [1.29, 1.82) is 0 Å². The van der Waals surface area contributed by atoms with Crippen LogP contribution in [0.3, 0.4) is 0 Å². The summed E-state index contributed by atoms with van der Waals surface area (Å²) in [4.78, 5) is 0. The van der Waals surface area contributed by atoms with Crippen molar-refractivity contribution in [2.24, 2.45) is 0 Å². The minimum atomic E-state index is -4.30. The average Bonchev–Trinajstić information content (AvgIpc) is 1.86. The van der Waals surface area contributed by atoms with Crippen molar-refractivity contribution in [3.05, 3.63) is 23.4 Å². The van der Waals surface area contributed by atoms with Crippen LogP contribution in [-0.2, 0) is 4.74 Å². The summed E-state index contributed by atoms with van der Waals surface area (Å²) < 4.78 is 49.5. The fourth-order valence-corrected chi connectivity index (χ4v) is 0.497. The van der Waals surface area contributed by atoms with Gasteiger partial charge in [-0.2, -0.15) is 17.6 Å². The van der Waals surface area contributed by atoms with E-state index in [2.05, 4.69) is 11.3 Å². The number of hydrogen-bond donors (Lipinski definition) is 0. The number of alkyl halides is 2. The first kappa shape index (κ1) is 10.5. The zero-order valence-corrected chi connectivity index (χ0v) is 6.67. The van der Waals surface area contributed by atoms with Gasteiger partial charge < -0.3 is 4.74 Å². The maximum absolute atomic E-state index is 12.1. The van der Waals surface area contributed by atoms with Crippen molar-refractivity contribution in [3.8, 4) is 0 Å². The highest BCUT2D eigenvalue weighted by atomic mass is 79.9. The summed E-state index contributed by atoms with van der Waals surface area (Å²) in [6.45, 7) is 2.76. The van der Waals surface area contributed by atoms with Gasteiger partial charge in [0.15, 0.2) is 0 Å². The van der Waals surface area contributed by atoms with Crippen LogP contribution in [0.15, 0.2) is 23.4 Å². The van der Waals surface area contributed by atoms with Crippen molar-refractivity contribution in [3.63, 3.8) is 0 Å². The molecule has 0 aliphatic rings. The van der Waals surface area contributed by atoms with Crippen LogP contribution in [-0.4, -0.2) is 6.11 Å². The summed E-state index contributed by atoms with van der Waals surface area (Å²) in [7, 11) is 0. The molecular formula is C5H3BrF4O. The maximum atomic E-state index is 12.1. The molecule has 11 heavy (non-hydrogen) atoms. The van der Waals surface area contributed by atoms with Gasteiger partial charge in [0, 0.05) is 0 Å². The van der Waals surface area contributed by atoms with Gasteiger partial charge in [-0.1, -0.05) is 6.58 Å². The molecule has 64 valence electrons. The van der Waals surface area contributed by atoms with Crippen molar-refractivity contribution in [1.82, 2.24) is 0 Å². The molecule has 0 aliphatic heterocycles. The summed E-state index contributed by atoms with van der Waals surface area (Å²) in [6.07, 6.45) is -3.98. The Labute approximate surface area is 68.5 Å². The van der Waals surface area contributed by atoms with E-state index in [9.17, 15) is 17.6 Å². The lowest BCUT2D eigenvalue weighted by molar-refractivity contribution is -0.185. The van der Waals surface area contributed by atoms with E-state index in [0.29, 0.717) is 6.26 Å². The number of hydrogen-bond acceptors (Lipinski definition) is 1. The fraction of sp³-hybridized carbons (Fsp3) is 0.200. The van der Waals surface area contributed by atoms with E-state index in [-0.39, 0.29) is 0 Å². The molecule has 6 heteroatoms. The Bertz CT molecular complexity index is 185. The lowest BCUT2D eigenvalue weighted by Gasteiger charge is -2.11. The van der Waals surface area contributed by atoms with Crippen molar-refractivity contribution < 1.29 is 22.3 Å². The van der Waals surface area contributed by atoms with Gasteiger partial charge in [0.05, 0.1) is 6.26 Å². The largest absolute Gasteiger partial charge is 0.457 e. The zero-order valence-electron chi connectivity index (χ0n) is 5.08. The average molecular weight is 235 g/mol. The number of rotatable bonds is 3. The summed E-state index contributed by atoms with van der Waals surface area (Å²) in [5.74, 6) is -2.32. The number of halogens is 5. The van der Waals surface area contributed by atoms with E-state index < -0.39 is 16.7 Å². The van der Waals surface area contributed by atoms with Crippen molar-refractivity contribution >= 4 is 15.9 Å². The van der Waals surface area contributed by atoms with E-state index in [1.165, 1.54) is 0 Å². The van der Waals surface area contributed by atoms with Crippen LogP contribution < -0.4 is 0 Å². The van der Waals surface area contributed by atoms with Gasteiger partial charge in [0.2, 0.25) is 4.74 Å². The molecule has 0 amide bonds. The molecule has 0 rings (SSSR count). The van der Waals surface area contributed by atoms with Gasteiger partial charge in [0.25, 0.3) is 5.83 Å². The SMILES string of the molecule is C=COC(F)(F)C(F)=C(F)Br. The molecule has 0 saturated carbocycles. The normalized spacial score (nSPS) is 13.9. The second-order valence-electron chi connectivity index (χ2n) is 1.38. The predicted octanol–water partition coefficient (Wildman–Crippen LogP) is 3.24. The number of ether oxygens (including phenoxy) is 1. The summed E-state index contributed by atoms with van der Waals surface area (Å²) >= 11 is 1.89. The smallest absolute Gasteiger partial charge is 0.436 e. The van der Waals surface area contributed by atoms with E-state index in [1.807, 2.05) is 15.9 Å². The van der Waals surface area contributed by atoms with Crippen LogP contribution in [0.25, 0.3) is 0 Å². The lowest BCUT2D eigenvalue weighted by atomic mass is 10.5. The molecule has 0 atom stereocenters. The first-order chi connectivity index (χ1) is 4.91. The third-order valence-electron chi connectivity index (χ3n) is 0.653. The van der Waals surface area contributed by atoms with Gasteiger partial charge in [-0.3, -0.25) is 0 Å². The van der Waals surface area contributed by atoms with Crippen LogP contribution in [0, 0.1) is 0 Å². The Morgan fingerprint density at radius 1 is 1.45 bits per heavy atom. The van der Waals surface area contributed by atoms with E-state index in [0.717, 1.165) is 0 Å². The van der Waals surface area contributed by atoms with Crippen LogP contribution >= 0.6 is 15.9 Å². The lowest BCUT2D eigenvalue weighted by Crippen LogP contribution is -2.18. The molecule has 0 unspecified atom stereocenters. The molecule has 0 N–H and O–H groups in total. The Balaban J connectivity index is 4.54. The Hall–Kier alpha value is -0.520. The molecule has 0 saturated heterocycles. The minimum Gasteiger partial charge on any atom is -0.436 e. The predicted molar refractivity (Wildman–Crippen MR) is 34.4 cm³/mol. The van der Waals surface area contributed by atoms with E-state index in [4.69, 9.17) is 0 Å². The van der Waals surface area contributed by atoms with E-state index in [1.54, 1.807) is 0 Å². The standard InChI is InChI=1S/C5H3BrF4O/c1-2-11-5(9,10)3(7)4(6)8/h2H,1H2. The third-order valence-corrected chi connectivity index (χ3v) is 1.00. The van der Waals surface area contributed by atoms with Crippen LogP contribution in [0.2, 0.25) is 0 Å². The van der Waals surface area contributed by atoms with Crippen LogP contribution in [0.4, 0.5) is 17.6 Å². The molecule has 0 aliphatic carbocycles. The molecule has 0 fully saturated rings. The fourth-order valence-electron chi connectivity index (χ4n) is 0.266. The second-order valence-corrected chi connectivity index (χ2v) is 2.07. The maximum Gasteiger partial charge on any atom is 0.457 e. The quantitative estimate of drug-likeness (QED) is 0.538. The molecule has 0 radical (unpaired) electrons. The van der Waals surface area contributed by atoms with Gasteiger partial charge in [0.1, 0.15) is 0 Å². The first-order valence-electron chi connectivity index (χ1n) is 2.29. The molecule has 0 spiro atoms. The monoisotopic (exact) mass is 234 g/mol. The molecule has 0 aromatic carbocycles. The second kappa shape index (κ2) is 3.75. The molecular weight excluding hydrogens is 232 g/mol. The Morgan fingerprint density at radius 2 is 1.91 bits per heavy atom. The highest BCUT2D eigenvalue weighted by Crippen LogP contribution is 2.31. The van der Waals surface area contributed by atoms with Gasteiger partial charge in [-0.25, -0.2) is 0 Å². The van der Waals surface area contributed by atoms with Gasteiger partial charge in [-0.05, 0) is 15.9 Å². The van der Waals surface area contributed by atoms with Crippen molar-refractivity contribution in [2.75, 3.05) is 0 Å². The third kappa shape index (κ3) is 2.92. The van der Waals surface area contributed by atoms with Crippen LogP contribution in [0.5, 0.6) is 0 Å². The summed E-state index contributed by atoms with van der Waals surface area (Å²) in [6, 6.07) is 0. The van der Waals surface area contributed by atoms with Gasteiger partial charge >= 0.3 is 6.11 Å². The molecule has 0 heterocycles. The Morgan fingerprint density at radius 3 is 2.18 bits per heavy atom. The molecule has 1 nitrogen and oxygen atoms in total. The van der Waals surface area contributed by atoms with E-state index >= 15 is 0 Å². The topological polar surface area (TPSA) is 9.23 Å². The highest BCUT2D eigenvalue weighted by molar-refractivity contribution is 9.11. The van der Waals surface area contributed by atoms with Crippen molar-refractivity contribution in [2.45, 2.75) is 6.11 Å². The molecule has 0 bridgehead atoms. The molecule has 0 aromatic rings. The summed E-state index contributed by atoms with van der Waals surface area (Å²) in [5, 5.41) is 0. The minimum absolute atomic E-state index is 0.315. The van der Waals surface area contributed by atoms with Crippen LogP contribution in [0.1, 0.15) is 0 Å². The Kier molecular flexibility index (Phi) is 3.57. The molecule has 0 aromatic heterocycles. The highest BCUT2D eigenvalue weighted by Gasteiger charge is 2.39. The first-order valence-corrected chi connectivity index (χ1v) is 3.09. The zero-order chi connectivity index (χ0) is 9.07.